The van der Waals surface area contributed by atoms with E-state index in [0.717, 1.165) is 22.3 Å². The Morgan fingerprint density at radius 1 is 1.21 bits per heavy atom. The average Bonchev–Trinajstić information content (AvgIpc) is 2.67. The molecule has 0 saturated carbocycles. The minimum atomic E-state index is -5.08. The van der Waals surface area contributed by atoms with E-state index in [1.165, 1.54) is 0 Å². The highest BCUT2D eigenvalue weighted by Crippen LogP contribution is 2.24. The van der Waals surface area contributed by atoms with Gasteiger partial charge in [-0.2, -0.15) is 13.2 Å². The van der Waals surface area contributed by atoms with Crippen LogP contribution >= 0.6 is 0 Å². The quantitative estimate of drug-likeness (QED) is 0.452. The van der Waals surface area contributed by atoms with E-state index in [9.17, 15) is 13.2 Å². The largest absolute Gasteiger partial charge is 0.496 e. The number of fused-ring (bicyclic) bond motifs is 1. The van der Waals surface area contributed by atoms with Crippen molar-refractivity contribution in [3.05, 3.63) is 65.5 Å². The molecule has 7 nitrogen and oxygen atoms in total. The predicted molar refractivity (Wildman–Crippen MR) is 100 cm³/mol. The third-order valence-corrected chi connectivity index (χ3v) is 3.74. The van der Waals surface area contributed by atoms with Crippen molar-refractivity contribution in [1.82, 2.24) is 9.97 Å². The summed E-state index contributed by atoms with van der Waals surface area (Å²) in [5.41, 5.74) is 8.67. The van der Waals surface area contributed by atoms with Crippen molar-refractivity contribution >= 4 is 22.8 Å². The number of methoxy groups -OCH3 is 1. The molecule has 0 aliphatic carbocycles. The number of pyridine rings is 2. The van der Waals surface area contributed by atoms with Crippen LogP contribution < -0.4 is 10.5 Å². The first-order chi connectivity index (χ1) is 13.6. The number of nitrogen functional groups attached to an aromatic ring is 1. The monoisotopic (exact) mass is 406 g/mol. The lowest BCUT2D eigenvalue weighted by Crippen LogP contribution is -2.21. The second-order valence-electron chi connectivity index (χ2n) is 5.75. The number of carboxylic acid groups (broad SMARTS) is 1. The number of nitrogens with one attached hydrogen (secondary N) is 1. The highest BCUT2D eigenvalue weighted by Gasteiger charge is 2.38. The first-order valence-corrected chi connectivity index (χ1v) is 8.14. The number of hydrogen-bond acceptors (Lipinski definition) is 5. The van der Waals surface area contributed by atoms with E-state index in [-0.39, 0.29) is 5.84 Å². The third-order valence-electron chi connectivity index (χ3n) is 3.74. The molecule has 0 amide bonds. The Morgan fingerprint density at radius 3 is 2.45 bits per heavy atom. The number of aliphatic carboxylic acids is 1. The molecule has 0 aliphatic rings. The Kier molecular flexibility index (Phi) is 6.71. The lowest BCUT2D eigenvalue weighted by atomic mass is 10.0. The predicted octanol–water partition coefficient (Wildman–Crippen LogP) is 3.15. The van der Waals surface area contributed by atoms with Gasteiger partial charge in [0.05, 0.1) is 7.11 Å². The lowest BCUT2D eigenvalue weighted by molar-refractivity contribution is -0.192. The van der Waals surface area contributed by atoms with Crippen molar-refractivity contribution < 1.29 is 27.8 Å². The SMILES string of the molecule is COc1ccccc1Cc1cc2cccnc2nc1C(=N)N.O=C(O)C(F)(F)F. The zero-order chi connectivity index (χ0) is 21.6. The number of ether oxygens (including phenoxy) is 1. The molecule has 152 valence electrons. The number of carbonyl (C=O) groups is 1. The van der Waals surface area contributed by atoms with Crippen LogP contribution in [-0.4, -0.2) is 40.2 Å². The number of nitrogens with zero attached hydrogens (tertiary/aromatic N) is 2. The number of halogens is 3. The number of aromatic nitrogens is 2. The van der Waals surface area contributed by atoms with E-state index in [0.29, 0.717) is 17.8 Å². The van der Waals surface area contributed by atoms with Gasteiger partial charge in [-0.25, -0.2) is 14.8 Å². The smallest absolute Gasteiger partial charge is 0.490 e. The number of nitrogens with two attached hydrogens (primary N) is 1. The van der Waals surface area contributed by atoms with E-state index in [1.54, 1.807) is 13.3 Å². The molecule has 0 atom stereocenters. The summed E-state index contributed by atoms with van der Waals surface area (Å²) in [6.07, 6.45) is -2.81. The second kappa shape index (κ2) is 9.00. The van der Waals surface area contributed by atoms with Gasteiger partial charge in [-0.05, 0) is 35.4 Å². The van der Waals surface area contributed by atoms with Gasteiger partial charge in [-0.1, -0.05) is 18.2 Å². The molecule has 0 aliphatic heterocycles. The number of benzene rings is 1. The molecule has 0 fully saturated rings. The molecular formula is C19H17F3N4O3. The molecule has 0 bridgehead atoms. The number of carboxylic acids is 1. The Morgan fingerprint density at radius 2 is 1.86 bits per heavy atom. The maximum Gasteiger partial charge on any atom is 0.490 e. The van der Waals surface area contributed by atoms with Crippen LogP contribution in [0.25, 0.3) is 11.0 Å². The van der Waals surface area contributed by atoms with Crippen molar-refractivity contribution in [2.45, 2.75) is 12.6 Å². The van der Waals surface area contributed by atoms with Gasteiger partial charge in [-0.3, -0.25) is 5.41 Å². The summed E-state index contributed by atoms with van der Waals surface area (Å²) < 4.78 is 37.1. The standard InChI is InChI=1S/C17H16N4O.C2HF3O2/c1-22-14-7-3-2-5-11(14)9-13-10-12-6-4-8-20-17(12)21-15(13)16(18)19;3-2(4,5)1(6)7/h2-8,10H,9H2,1H3,(H3,18,19);(H,6,7). The average molecular weight is 406 g/mol. The fraction of sp³-hybridized carbons (Fsp3) is 0.158. The summed E-state index contributed by atoms with van der Waals surface area (Å²) in [6.45, 7) is 0. The minimum absolute atomic E-state index is 0.0579. The van der Waals surface area contributed by atoms with Crippen LogP contribution in [-0.2, 0) is 11.2 Å². The molecule has 0 saturated heterocycles. The van der Waals surface area contributed by atoms with Crippen LogP contribution in [0.15, 0.2) is 48.7 Å². The van der Waals surface area contributed by atoms with Crippen molar-refractivity contribution in [2.24, 2.45) is 5.73 Å². The van der Waals surface area contributed by atoms with Crippen LogP contribution in [0.4, 0.5) is 13.2 Å². The first kappa shape index (κ1) is 21.6. The van der Waals surface area contributed by atoms with E-state index in [4.69, 9.17) is 25.8 Å². The molecule has 0 spiro atoms. The summed E-state index contributed by atoms with van der Waals surface area (Å²) in [6, 6.07) is 13.6. The normalized spacial score (nSPS) is 10.8. The van der Waals surface area contributed by atoms with Gasteiger partial charge in [0.15, 0.2) is 5.65 Å². The molecule has 29 heavy (non-hydrogen) atoms. The Balaban J connectivity index is 0.000000370. The third kappa shape index (κ3) is 5.64. The van der Waals surface area contributed by atoms with Gasteiger partial charge in [0, 0.05) is 18.0 Å². The summed E-state index contributed by atoms with van der Waals surface area (Å²) in [7, 11) is 1.65. The number of amidine groups is 1. The molecule has 0 radical (unpaired) electrons. The second-order valence-corrected chi connectivity index (χ2v) is 5.75. The van der Waals surface area contributed by atoms with Crippen LogP contribution in [0.3, 0.4) is 0 Å². The van der Waals surface area contributed by atoms with E-state index < -0.39 is 12.1 Å². The lowest BCUT2D eigenvalue weighted by Gasteiger charge is -2.12. The summed E-state index contributed by atoms with van der Waals surface area (Å²) >= 11 is 0. The van der Waals surface area contributed by atoms with Crippen LogP contribution in [0, 0.1) is 5.41 Å². The number of rotatable bonds is 4. The molecular weight excluding hydrogens is 389 g/mol. The first-order valence-electron chi connectivity index (χ1n) is 8.14. The molecule has 4 N–H and O–H groups in total. The van der Waals surface area contributed by atoms with E-state index in [1.807, 2.05) is 42.5 Å². The number of alkyl halides is 3. The van der Waals surface area contributed by atoms with E-state index >= 15 is 0 Å². The van der Waals surface area contributed by atoms with Gasteiger partial charge in [0.25, 0.3) is 0 Å². The summed E-state index contributed by atoms with van der Waals surface area (Å²) in [5, 5.41) is 15.8. The summed E-state index contributed by atoms with van der Waals surface area (Å²) in [4.78, 5) is 17.5. The van der Waals surface area contributed by atoms with Gasteiger partial charge in [0.1, 0.15) is 17.3 Å². The molecule has 2 heterocycles. The molecule has 2 aromatic heterocycles. The van der Waals surface area contributed by atoms with Crippen molar-refractivity contribution in [2.75, 3.05) is 7.11 Å². The topological polar surface area (TPSA) is 122 Å². The minimum Gasteiger partial charge on any atom is -0.496 e. The van der Waals surface area contributed by atoms with Crippen molar-refractivity contribution in [3.63, 3.8) is 0 Å². The van der Waals surface area contributed by atoms with Crippen LogP contribution in [0.2, 0.25) is 0 Å². The van der Waals surface area contributed by atoms with Gasteiger partial charge >= 0.3 is 12.1 Å². The molecule has 1 aromatic carbocycles. The Bertz CT molecular complexity index is 1040. The Hall–Kier alpha value is -3.69. The van der Waals surface area contributed by atoms with Crippen molar-refractivity contribution in [1.29, 1.82) is 5.41 Å². The molecule has 0 unspecified atom stereocenters. The zero-order valence-corrected chi connectivity index (χ0v) is 15.2. The molecule has 3 aromatic rings. The number of para-hydroxylation sites is 1. The Labute approximate surface area is 163 Å². The highest BCUT2D eigenvalue weighted by molar-refractivity contribution is 5.96. The van der Waals surface area contributed by atoms with Gasteiger partial charge in [-0.15, -0.1) is 0 Å². The van der Waals surface area contributed by atoms with Crippen LogP contribution in [0.1, 0.15) is 16.8 Å². The van der Waals surface area contributed by atoms with Crippen LogP contribution in [0.5, 0.6) is 5.75 Å². The summed E-state index contributed by atoms with van der Waals surface area (Å²) in [5.74, 6) is -2.01. The van der Waals surface area contributed by atoms with Crippen molar-refractivity contribution in [3.8, 4) is 5.75 Å². The maximum absolute atomic E-state index is 10.6. The van der Waals surface area contributed by atoms with E-state index in [2.05, 4.69) is 9.97 Å². The van der Waals surface area contributed by atoms with Gasteiger partial charge < -0.3 is 15.6 Å². The fourth-order valence-electron chi connectivity index (χ4n) is 2.47. The maximum atomic E-state index is 10.6. The number of hydrogen-bond donors (Lipinski definition) is 3. The zero-order valence-electron chi connectivity index (χ0n) is 15.2. The fourth-order valence-corrected chi connectivity index (χ4v) is 2.47. The van der Waals surface area contributed by atoms with Gasteiger partial charge in [0.2, 0.25) is 0 Å². The molecule has 3 rings (SSSR count). The molecule has 10 heteroatoms. The highest BCUT2D eigenvalue weighted by atomic mass is 19.4.